The van der Waals surface area contributed by atoms with E-state index in [0.29, 0.717) is 31.6 Å². The Morgan fingerprint density at radius 3 is 2.82 bits per heavy atom. The molecule has 0 radical (unpaired) electrons. The maximum atomic E-state index is 11.9. The third kappa shape index (κ3) is 3.48. The van der Waals surface area contributed by atoms with E-state index >= 15 is 0 Å². The van der Waals surface area contributed by atoms with Crippen molar-refractivity contribution < 1.29 is 8.42 Å². The molecular formula is C9H17N5O2S. The Morgan fingerprint density at radius 1 is 1.41 bits per heavy atom. The van der Waals surface area contributed by atoms with Crippen molar-refractivity contribution in [2.24, 2.45) is 0 Å². The minimum Gasteiger partial charge on any atom is -0.317 e. The van der Waals surface area contributed by atoms with E-state index in [2.05, 4.69) is 25.2 Å². The summed E-state index contributed by atoms with van der Waals surface area (Å²) in [6.45, 7) is 1.91. The molecule has 1 aromatic heterocycles. The highest BCUT2D eigenvalue weighted by Gasteiger charge is 2.26. The highest BCUT2D eigenvalue weighted by atomic mass is 32.2. The maximum Gasteiger partial charge on any atom is 0.214 e. The molecule has 96 valence electrons. The number of aromatic nitrogens is 3. The summed E-state index contributed by atoms with van der Waals surface area (Å²) < 4.78 is 26.5. The van der Waals surface area contributed by atoms with E-state index in [1.807, 2.05) is 0 Å². The smallest absolute Gasteiger partial charge is 0.214 e. The molecule has 0 aromatic carbocycles. The molecule has 0 spiro atoms. The Labute approximate surface area is 100 Å². The topological polar surface area (TPSA) is 99.8 Å². The van der Waals surface area contributed by atoms with Crippen LogP contribution in [0.3, 0.4) is 0 Å². The lowest BCUT2D eigenvalue weighted by Crippen LogP contribution is -2.42. The van der Waals surface area contributed by atoms with Crippen molar-refractivity contribution in [2.75, 3.05) is 19.6 Å². The van der Waals surface area contributed by atoms with Crippen molar-refractivity contribution in [1.82, 2.24) is 25.2 Å². The van der Waals surface area contributed by atoms with Gasteiger partial charge in [0.25, 0.3) is 0 Å². The molecule has 0 aliphatic carbocycles. The van der Waals surface area contributed by atoms with E-state index in [-0.39, 0.29) is 5.25 Å². The summed E-state index contributed by atoms with van der Waals surface area (Å²) in [5.74, 6) is 0.693. The van der Waals surface area contributed by atoms with Gasteiger partial charge in [0.05, 0.1) is 5.25 Å². The molecule has 0 atom stereocenters. The molecule has 0 unspecified atom stereocenters. The number of hydrogen-bond donors (Lipinski definition) is 3. The van der Waals surface area contributed by atoms with Crippen LogP contribution in [0.4, 0.5) is 0 Å². The summed E-state index contributed by atoms with van der Waals surface area (Å²) in [6, 6.07) is 0. The maximum absolute atomic E-state index is 11.9. The zero-order valence-corrected chi connectivity index (χ0v) is 10.3. The van der Waals surface area contributed by atoms with E-state index in [1.165, 1.54) is 6.33 Å². The first-order valence-electron chi connectivity index (χ1n) is 5.72. The van der Waals surface area contributed by atoms with Gasteiger partial charge in [-0.2, -0.15) is 5.10 Å². The lowest BCUT2D eigenvalue weighted by molar-refractivity contribution is 0.489. The van der Waals surface area contributed by atoms with Gasteiger partial charge in [0.2, 0.25) is 10.0 Å². The lowest BCUT2D eigenvalue weighted by Gasteiger charge is -2.22. The van der Waals surface area contributed by atoms with Crippen LogP contribution in [-0.2, 0) is 16.4 Å². The van der Waals surface area contributed by atoms with Crippen molar-refractivity contribution in [1.29, 1.82) is 0 Å². The normalized spacial score (nSPS) is 18.4. The second-order valence-corrected chi connectivity index (χ2v) is 6.12. The van der Waals surface area contributed by atoms with Gasteiger partial charge in [-0.1, -0.05) is 0 Å². The summed E-state index contributed by atoms with van der Waals surface area (Å²) in [6.07, 6.45) is 3.30. The molecule has 7 nitrogen and oxygen atoms in total. The summed E-state index contributed by atoms with van der Waals surface area (Å²) in [5.41, 5.74) is 0. The average molecular weight is 259 g/mol. The second-order valence-electron chi connectivity index (χ2n) is 4.07. The van der Waals surface area contributed by atoms with E-state index in [0.717, 1.165) is 13.1 Å². The monoisotopic (exact) mass is 259 g/mol. The van der Waals surface area contributed by atoms with Crippen LogP contribution >= 0.6 is 0 Å². The minimum absolute atomic E-state index is 0.265. The first-order chi connectivity index (χ1) is 8.18. The van der Waals surface area contributed by atoms with Crippen molar-refractivity contribution in [3.8, 4) is 0 Å². The SMILES string of the molecule is O=S(=O)(NCCc1ncn[nH]1)C1CCNCC1. The Hall–Kier alpha value is -0.990. The van der Waals surface area contributed by atoms with Crippen LogP contribution in [0.2, 0.25) is 0 Å². The molecule has 1 saturated heterocycles. The molecule has 3 N–H and O–H groups in total. The predicted octanol–water partition coefficient (Wildman–Crippen LogP) is -0.981. The van der Waals surface area contributed by atoms with Crippen LogP contribution in [0, 0.1) is 0 Å². The Balaban J connectivity index is 1.80. The number of rotatable bonds is 5. The van der Waals surface area contributed by atoms with Crippen LogP contribution < -0.4 is 10.0 Å². The number of H-pyrrole nitrogens is 1. The van der Waals surface area contributed by atoms with E-state index in [4.69, 9.17) is 0 Å². The fraction of sp³-hybridized carbons (Fsp3) is 0.778. The van der Waals surface area contributed by atoms with E-state index in [1.54, 1.807) is 0 Å². The number of nitrogens with zero attached hydrogens (tertiary/aromatic N) is 2. The fourth-order valence-electron chi connectivity index (χ4n) is 1.89. The number of aromatic amines is 1. The number of sulfonamides is 1. The van der Waals surface area contributed by atoms with Gasteiger partial charge < -0.3 is 5.32 Å². The third-order valence-electron chi connectivity index (χ3n) is 2.85. The van der Waals surface area contributed by atoms with Gasteiger partial charge >= 0.3 is 0 Å². The Morgan fingerprint density at radius 2 is 2.18 bits per heavy atom. The van der Waals surface area contributed by atoms with Crippen LogP contribution in [-0.4, -0.2) is 48.5 Å². The molecule has 1 fully saturated rings. The molecule has 0 saturated carbocycles. The third-order valence-corrected chi connectivity index (χ3v) is 4.81. The number of hydrogen-bond acceptors (Lipinski definition) is 5. The van der Waals surface area contributed by atoms with Gasteiger partial charge in [0, 0.05) is 13.0 Å². The summed E-state index contributed by atoms with van der Waals surface area (Å²) >= 11 is 0. The first-order valence-corrected chi connectivity index (χ1v) is 7.26. The van der Waals surface area contributed by atoms with Crippen molar-refractivity contribution in [2.45, 2.75) is 24.5 Å². The summed E-state index contributed by atoms with van der Waals surface area (Å²) in [7, 11) is -3.19. The van der Waals surface area contributed by atoms with Crippen molar-refractivity contribution >= 4 is 10.0 Å². The Bertz CT molecular complexity index is 424. The highest BCUT2D eigenvalue weighted by Crippen LogP contribution is 2.11. The molecule has 2 heterocycles. The molecule has 0 amide bonds. The highest BCUT2D eigenvalue weighted by molar-refractivity contribution is 7.90. The summed E-state index contributed by atoms with van der Waals surface area (Å²) in [5, 5.41) is 9.29. The first kappa shape index (κ1) is 12.5. The summed E-state index contributed by atoms with van der Waals surface area (Å²) in [4.78, 5) is 3.94. The fourth-order valence-corrected chi connectivity index (χ4v) is 3.37. The average Bonchev–Trinajstić information content (AvgIpc) is 2.83. The van der Waals surface area contributed by atoms with Gasteiger partial charge in [-0.25, -0.2) is 18.1 Å². The van der Waals surface area contributed by atoms with Crippen LogP contribution in [0.25, 0.3) is 0 Å². The van der Waals surface area contributed by atoms with Gasteiger partial charge in [-0.15, -0.1) is 0 Å². The molecule has 0 bridgehead atoms. The molecular weight excluding hydrogens is 242 g/mol. The van der Waals surface area contributed by atoms with Crippen LogP contribution in [0.1, 0.15) is 18.7 Å². The quantitative estimate of drug-likeness (QED) is 0.631. The van der Waals surface area contributed by atoms with Crippen LogP contribution in [0.15, 0.2) is 6.33 Å². The van der Waals surface area contributed by atoms with Gasteiger partial charge in [-0.3, -0.25) is 5.10 Å². The number of piperidine rings is 1. The van der Waals surface area contributed by atoms with Crippen molar-refractivity contribution in [3.05, 3.63) is 12.2 Å². The zero-order valence-electron chi connectivity index (χ0n) is 9.52. The van der Waals surface area contributed by atoms with Crippen molar-refractivity contribution in [3.63, 3.8) is 0 Å². The standard InChI is InChI=1S/C9H17N5O2S/c15-17(16,8-1-4-10-5-2-8)13-6-3-9-11-7-12-14-9/h7-8,10,13H,1-6H2,(H,11,12,14). The minimum atomic E-state index is -3.19. The molecule has 8 heteroatoms. The van der Waals surface area contributed by atoms with Gasteiger partial charge in [0.1, 0.15) is 12.2 Å². The van der Waals surface area contributed by atoms with Gasteiger partial charge in [0.15, 0.2) is 0 Å². The lowest BCUT2D eigenvalue weighted by atomic mass is 10.2. The number of nitrogens with one attached hydrogen (secondary N) is 3. The molecule has 2 rings (SSSR count). The predicted molar refractivity (Wildman–Crippen MR) is 62.9 cm³/mol. The van der Waals surface area contributed by atoms with Crippen LogP contribution in [0.5, 0.6) is 0 Å². The molecule has 1 aromatic rings. The molecule has 17 heavy (non-hydrogen) atoms. The van der Waals surface area contributed by atoms with Gasteiger partial charge in [-0.05, 0) is 25.9 Å². The zero-order chi connectivity index (χ0) is 12.1. The second kappa shape index (κ2) is 5.56. The van der Waals surface area contributed by atoms with E-state index in [9.17, 15) is 8.42 Å². The van der Waals surface area contributed by atoms with E-state index < -0.39 is 10.0 Å². The largest absolute Gasteiger partial charge is 0.317 e. The Kier molecular flexibility index (Phi) is 4.08. The molecule has 1 aliphatic rings. The molecule has 1 aliphatic heterocycles.